The summed E-state index contributed by atoms with van der Waals surface area (Å²) in [4.78, 5) is 23.1. The van der Waals surface area contributed by atoms with Gasteiger partial charge in [-0.05, 0) is 44.5 Å². The van der Waals surface area contributed by atoms with E-state index in [-0.39, 0.29) is 6.10 Å². The molecule has 0 bridgehead atoms. The second kappa shape index (κ2) is 10.0. The molecule has 0 aliphatic carbocycles. The molecule has 0 unspecified atom stereocenters. The van der Waals surface area contributed by atoms with Gasteiger partial charge in [0.05, 0.1) is 36.8 Å². The molecule has 2 aliphatic rings. The number of hydrogen-bond acceptors (Lipinski definition) is 9. The Balaban J connectivity index is 1.09. The molecular weight excluding hydrogens is 468 g/mol. The lowest BCUT2D eigenvalue weighted by Gasteiger charge is -2.26. The molecule has 6 heterocycles. The van der Waals surface area contributed by atoms with Crippen molar-refractivity contribution in [2.45, 2.75) is 39.8 Å². The van der Waals surface area contributed by atoms with Crippen molar-refractivity contribution < 1.29 is 9.47 Å². The van der Waals surface area contributed by atoms with E-state index in [4.69, 9.17) is 19.4 Å². The second-order valence-corrected chi connectivity index (χ2v) is 9.80. The van der Waals surface area contributed by atoms with Crippen LogP contribution >= 0.6 is 0 Å². The van der Waals surface area contributed by atoms with Crippen LogP contribution in [0, 0.1) is 20.8 Å². The number of nitrogens with zero attached hydrogens (tertiary/aromatic N) is 8. The van der Waals surface area contributed by atoms with Gasteiger partial charge in [0, 0.05) is 50.6 Å². The number of anilines is 1. The Bertz CT molecular complexity index is 1380. The van der Waals surface area contributed by atoms with Crippen molar-refractivity contribution >= 4 is 11.6 Å². The van der Waals surface area contributed by atoms with Gasteiger partial charge in [-0.15, -0.1) is 5.10 Å². The van der Waals surface area contributed by atoms with E-state index in [9.17, 15) is 0 Å². The van der Waals surface area contributed by atoms with Gasteiger partial charge in [-0.1, -0.05) is 6.07 Å². The van der Waals surface area contributed by atoms with Gasteiger partial charge in [-0.25, -0.2) is 9.97 Å². The average molecular weight is 501 g/mol. The number of hydrogen-bond donors (Lipinski definition) is 0. The molecule has 0 aromatic carbocycles. The minimum Gasteiger partial charge on any atom is -0.485 e. The zero-order valence-electron chi connectivity index (χ0n) is 21.6. The highest BCUT2D eigenvalue weighted by molar-refractivity contribution is 5.60. The van der Waals surface area contributed by atoms with Crippen molar-refractivity contribution in [1.82, 2.24) is 34.4 Å². The van der Waals surface area contributed by atoms with Crippen LogP contribution in [0.25, 0.3) is 17.0 Å². The minimum absolute atomic E-state index is 0.0587. The van der Waals surface area contributed by atoms with Crippen LogP contribution in [-0.2, 0) is 11.3 Å². The molecule has 2 saturated heterocycles. The van der Waals surface area contributed by atoms with Crippen molar-refractivity contribution in [2.24, 2.45) is 0 Å². The molecule has 0 spiro atoms. The fraction of sp³-hybridized carbons (Fsp3) is 0.444. The predicted molar refractivity (Wildman–Crippen MR) is 140 cm³/mol. The first kappa shape index (κ1) is 23.7. The summed E-state index contributed by atoms with van der Waals surface area (Å²) in [6.07, 6.45) is 4.86. The summed E-state index contributed by atoms with van der Waals surface area (Å²) in [6, 6.07) is 8.41. The standard InChI is InChI=1S/C27H32N8O2/c1-18-26(19(2)35-27(30-18)31-20(3)32-35)37-23-8-9-34(17-23)25-7-5-22(15-29-25)24-6-4-21(14-28-24)16-33-10-12-36-13-11-33/h4-7,14-15,23H,8-13,16-17H2,1-3H3/t23-/m1/s1. The van der Waals surface area contributed by atoms with Crippen LogP contribution in [0.4, 0.5) is 5.82 Å². The van der Waals surface area contributed by atoms with Crippen molar-refractivity contribution in [3.05, 3.63) is 59.4 Å². The van der Waals surface area contributed by atoms with Crippen LogP contribution in [-0.4, -0.2) is 79.9 Å². The lowest BCUT2D eigenvalue weighted by molar-refractivity contribution is 0.0341. The van der Waals surface area contributed by atoms with Crippen LogP contribution in [0.1, 0.15) is 29.2 Å². The molecule has 192 valence electrons. The number of fused-ring (bicyclic) bond motifs is 1. The van der Waals surface area contributed by atoms with Gasteiger partial charge in [0.15, 0.2) is 5.75 Å². The maximum Gasteiger partial charge on any atom is 0.253 e. The molecule has 0 radical (unpaired) electrons. The number of morpholine rings is 1. The van der Waals surface area contributed by atoms with E-state index in [0.29, 0.717) is 11.6 Å². The first-order chi connectivity index (χ1) is 18.0. The second-order valence-electron chi connectivity index (χ2n) is 9.80. The Morgan fingerprint density at radius 1 is 0.973 bits per heavy atom. The molecule has 2 fully saturated rings. The Hall–Kier alpha value is -3.63. The molecule has 4 aromatic rings. The zero-order valence-corrected chi connectivity index (χ0v) is 21.6. The average Bonchev–Trinajstić information content (AvgIpc) is 3.54. The van der Waals surface area contributed by atoms with Crippen molar-refractivity contribution in [3.8, 4) is 17.0 Å². The predicted octanol–water partition coefficient (Wildman–Crippen LogP) is 3.00. The Morgan fingerprint density at radius 2 is 1.84 bits per heavy atom. The van der Waals surface area contributed by atoms with Gasteiger partial charge in [0.25, 0.3) is 5.78 Å². The normalized spacial score (nSPS) is 18.6. The molecule has 10 heteroatoms. The maximum absolute atomic E-state index is 6.42. The van der Waals surface area contributed by atoms with Gasteiger partial charge in [-0.2, -0.15) is 9.50 Å². The van der Waals surface area contributed by atoms with Gasteiger partial charge in [0.1, 0.15) is 17.7 Å². The molecule has 10 nitrogen and oxygen atoms in total. The monoisotopic (exact) mass is 500 g/mol. The fourth-order valence-electron chi connectivity index (χ4n) is 5.06. The van der Waals surface area contributed by atoms with E-state index in [1.54, 1.807) is 4.52 Å². The third-order valence-electron chi connectivity index (χ3n) is 7.07. The summed E-state index contributed by atoms with van der Waals surface area (Å²) in [5, 5.41) is 4.45. The van der Waals surface area contributed by atoms with Crippen LogP contribution < -0.4 is 9.64 Å². The molecule has 0 saturated carbocycles. The zero-order chi connectivity index (χ0) is 25.4. The Labute approximate surface area is 216 Å². The quantitative estimate of drug-likeness (QED) is 0.396. The van der Waals surface area contributed by atoms with Crippen molar-refractivity contribution in [1.29, 1.82) is 0 Å². The van der Waals surface area contributed by atoms with Crippen molar-refractivity contribution in [2.75, 3.05) is 44.3 Å². The van der Waals surface area contributed by atoms with Gasteiger partial charge in [0.2, 0.25) is 0 Å². The fourth-order valence-corrected chi connectivity index (χ4v) is 5.06. The third-order valence-corrected chi connectivity index (χ3v) is 7.07. The lowest BCUT2D eigenvalue weighted by Crippen LogP contribution is -2.35. The van der Waals surface area contributed by atoms with Crippen LogP contribution in [0.2, 0.25) is 0 Å². The lowest BCUT2D eigenvalue weighted by atomic mass is 10.1. The van der Waals surface area contributed by atoms with Crippen LogP contribution in [0.15, 0.2) is 36.7 Å². The van der Waals surface area contributed by atoms with E-state index in [2.05, 4.69) is 49.1 Å². The summed E-state index contributed by atoms with van der Waals surface area (Å²) in [7, 11) is 0. The number of pyridine rings is 2. The molecule has 0 amide bonds. The minimum atomic E-state index is 0.0587. The highest BCUT2D eigenvalue weighted by Crippen LogP contribution is 2.28. The van der Waals surface area contributed by atoms with E-state index in [0.717, 1.165) is 86.6 Å². The van der Waals surface area contributed by atoms with Gasteiger partial charge < -0.3 is 14.4 Å². The molecule has 2 aliphatic heterocycles. The Kier molecular flexibility index (Phi) is 6.43. The first-order valence-electron chi connectivity index (χ1n) is 12.9. The molecule has 37 heavy (non-hydrogen) atoms. The summed E-state index contributed by atoms with van der Waals surface area (Å²) in [6.45, 7) is 12.0. The SMILES string of the molecule is Cc1nc2nc(C)c(O[C@@H]3CCN(c4ccc(-c5ccc(CN6CCOCC6)cn5)cn4)C3)c(C)n2n1. The summed E-state index contributed by atoms with van der Waals surface area (Å²) < 4.78 is 13.6. The van der Waals surface area contributed by atoms with Crippen molar-refractivity contribution in [3.63, 3.8) is 0 Å². The summed E-state index contributed by atoms with van der Waals surface area (Å²) in [5.41, 5.74) is 4.93. The van der Waals surface area contributed by atoms with E-state index < -0.39 is 0 Å². The number of rotatable bonds is 6. The van der Waals surface area contributed by atoms with E-state index in [1.165, 1.54) is 5.56 Å². The molecule has 0 N–H and O–H groups in total. The first-order valence-corrected chi connectivity index (χ1v) is 12.9. The number of aryl methyl sites for hydroxylation is 3. The third kappa shape index (κ3) is 4.99. The number of ether oxygens (including phenoxy) is 2. The Morgan fingerprint density at radius 3 is 2.59 bits per heavy atom. The molecule has 6 rings (SSSR count). The molecule has 1 atom stereocenters. The van der Waals surface area contributed by atoms with Crippen LogP contribution in [0.5, 0.6) is 5.75 Å². The van der Waals surface area contributed by atoms with Gasteiger partial charge in [-0.3, -0.25) is 9.88 Å². The van der Waals surface area contributed by atoms with Gasteiger partial charge >= 0.3 is 0 Å². The summed E-state index contributed by atoms with van der Waals surface area (Å²) >= 11 is 0. The van der Waals surface area contributed by atoms with Crippen LogP contribution in [0.3, 0.4) is 0 Å². The van der Waals surface area contributed by atoms with E-state index >= 15 is 0 Å². The largest absolute Gasteiger partial charge is 0.485 e. The molecule has 4 aromatic heterocycles. The van der Waals surface area contributed by atoms with E-state index in [1.807, 2.05) is 33.2 Å². The summed E-state index contributed by atoms with van der Waals surface area (Å²) in [5.74, 6) is 3.05. The molecular formula is C27H32N8O2. The highest BCUT2D eigenvalue weighted by Gasteiger charge is 2.27. The smallest absolute Gasteiger partial charge is 0.253 e. The maximum atomic E-state index is 6.42. The number of aromatic nitrogens is 6. The topological polar surface area (TPSA) is 93.8 Å². The highest BCUT2D eigenvalue weighted by atomic mass is 16.5.